The lowest BCUT2D eigenvalue weighted by molar-refractivity contribution is -0.129. The largest absolute Gasteiger partial charge is 0.490 e. The van der Waals surface area contributed by atoms with Crippen molar-refractivity contribution in [3.63, 3.8) is 0 Å². The highest BCUT2D eigenvalue weighted by Crippen LogP contribution is 2.34. The highest BCUT2D eigenvalue weighted by Gasteiger charge is 2.42. The summed E-state index contributed by atoms with van der Waals surface area (Å²) in [6.07, 6.45) is 3.79. The Hall–Kier alpha value is -1.03. The summed E-state index contributed by atoms with van der Waals surface area (Å²) < 4.78 is 6.07. The molecule has 0 aromatic rings. The maximum Gasteiger partial charge on any atom is 0.250 e. The first-order valence-electron chi connectivity index (χ1n) is 7.77. The van der Waals surface area contributed by atoms with Crippen LogP contribution in [0.1, 0.15) is 47.5 Å². The molecule has 1 fully saturated rings. The number of nitrogens with zero attached hydrogens (tertiary/aromatic N) is 1. The summed E-state index contributed by atoms with van der Waals surface area (Å²) in [5.74, 6) is 1.38. The van der Waals surface area contributed by atoms with Gasteiger partial charge < -0.3 is 15.0 Å². The molecule has 4 nitrogen and oxygen atoms in total. The van der Waals surface area contributed by atoms with E-state index in [4.69, 9.17) is 4.74 Å². The molecule has 3 atom stereocenters. The van der Waals surface area contributed by atoms with Crippen molar-refractivity contribution in [1.82, 2.24) is 10.2 Å². The van der Waals surface area contributed by atoms with Crippen molar-refractivity contribution in [3.05, 3.63) is 11.8 Å². The summed E-state index contributed by atoms with van der Waals surface area (Å²) >= 11 is 0. The average Bonchev–Trinajstić information content (AvgIpc) is 2.93. The molecule has 20 heavy (non-hydrogen) atoms. The van der Waals surface area contributed by atoms with Crippen molar-refractivity contribution in [2.24, 2.45) is 5.92 Å². The molecule has 1 N–H and O–H groups in total. The highest BCUT2D eigenvalue weighted by atomic mass is 16.5. The maximum absolute atomic E-state index is 12.4. The van der Waals surface area contributed by atoms with E-state index in [-0.39, 0.29) is 17.6 Å². The summed E-state index contributed by atoms with van der Waals surface area (Å²) in [7, 11) is 0. The van der Waals surface area contributed by atoms with Crippen LogP contribution >= 0.6 is 0 Å². The molecule has 1 saturated heterocycles. The standard InChI is InChI=1S/C16H28N2O2/c1-6-11(2)15-13(20-16(3,4)5)9-14(19)18(15)12-7-8-17-10-12/h9,11-12,15,17H,6-8,10H2,1-5H3/t11-,12?,15?/m0/s1. The monoisotopic (exact) mass is 280 g/mol. The normalized spacial score (nSPS) is 28.8. The Labute approximate surface area is 122 Å². The van der Waals surface area contributed by atoms with Crippen LogP contribution in [0.5, 0.6) is 0 Å². The van der Waals surface area contributed by atoms with Crippen molar-refractivity contribution < 1.29 is 9.53 Å². The fraction of sp³-hybridized carbons (Fsp3) is 0.812. The van der Waals surface area contributed by atoms with Crippen molar-refractivity contribution in [2.45, 2.75) is 65.1 Å². The van der Waals surface area contributed by atoms with Crippen molar-refractivity contribution in [3.8, 4) is 0 Å². The van der Waals surface area contributed by atoms with Crippen LogP contribution < -0.4 is 5.32 Å². The molecule has 0 aliphatic carbocycles. The summed E-state index contributed by atoms with van der Waals surface area (Å²) in [5, 5.41) is 3.35. The first-order valence-corrected chi connectivity index (χ1v) is 7.77. The van der Waals surface area contributed by atoms with Gasteiger partial charge in [-0.1, -0.05) is 20.3 Å². The number of hydrogen-bond acceptors (Lipinski definition) is 3. The molecule has 1 amide bonds. The maximum atomic E-state index is 12.4. The lowest BCUT2D eigenvalue weighted by Crippen LogP contribution is -2.48. The van der Waals surface area contributed by atoms with Gasteiger partial charge in [-0.2, -0.15) is 0 Å². The predicted octanol–water partition coefficient (Wildman–Crippen LogP) is 2.30. The molecule has 0 bridgehead atoms. The predicted molar refractivity (Wildman–Crippen MR) is 80.3 cm³/mol. The third-order valence-corrected chi connectivity index (χ3v) is 4.15. The van der Waals surface area contributed by atoms with Crippen LogP contribution in [0.3, 0.4) is 0 Å². The zero-order chi connectivity index (χ0) is 14.9. The van der Waals surface area contributed by atoms with Gasteiger partial charge in [-0.15, -0.1) is 0 Å². The summed E-state index contributed by atoms with van der Waals surface area (Å²) in [5.41, 5.74) is -0.262. The fourth-order valence-corrected chi connectivity index (χ4v) is 3.06. The second-order valence-corrected chi connectivity index (χ2v) is 6.98. The number of carbonyl (C=O) groups is 1. The van der Waals surface area contributed by atoms with Crippen molar-refractivity contribution >= 4 is 5.91 Å². The molecule has 0 radical (unpaired) electrons. The summed E-state index contributed by atoms with van der Waals surface area (Å²) in [6, 6.07) is 0.399. The van der Waals surface area contributed by atoms with Gasteiger partial charge in [0.1, 0.15) is 11.4 Å². The van der Waals surface area contributed by atoms with Crippen LogP contribution in [0.25, 0.3) is 0 Å². The minimum absolute atomic E-state index is 0.0941. The number of carbonyl (C=O) groups excluding carboxylic acids is 1. The second kappa shape index (κ2) is 5.76. The van der Waals surface area contributed by atoms with Gasteiger partial charge in [-0.3, -0.25) is 4.79 Å². The zero-order valence-corrected chi connectivity index (χ0v) is 13.4. The van der Waals surface area contributed by atoms with Crippen LogP contribution in [-0.2, 0) is 9.53 Å². The van der Waals surface area contributed by atoms with Crippen LogP contribution in [-0.4, -0.2) is 41.6 Å². The minimum atomic E-state index is -0.262. The number of rotatable bonds is 4. The van der Waals surface area contributed by atoms with E-state index in [1.54, 1.807) is 6.08 Å². The molecule has 0 spiro atoms. The third kappa shape index (κ3) is 3.17. The second-order valence-electron chi connectivity index (χ2n) is 6.98. The Balaban J connectivity index is 2.23. The fourth-order valence-electron chi connectivity index (χ4n) is 3.06. The van der Waals surface area contributed by atoms with Crippen LogP contribution in [0.2, 0.25) is 0 Å². The molecular formula is C16H28N2O2. The molecule has 2 heterocycles. The molecular weight excluding hydrogens is 252 g/mol. The SMILES string of the molecule is CC[C@H](C)C1C(OC(C)(C)C)=CC(=O)N1C1CCNC1. The third-order valence-electron chi connectivity index (χ3n) is 4.15. The van der Waals surface area contributed by atoms with Crippen molar-refractivity contribution in [2.75, 3.05) is 13.1 Å². The van der Waals surface area contributed by atoms with Crippen LogP contribution in [0.4, 0.5) is 0 Å². The van der Waals surface area contributed by atoms with E-state index in [0.717, 1.165) is 31.7 Å². The van der Waals surface area contributed by atoms with E-state index < -0.39 is 0 Å². The number of hydrogen-bond donors (Lipinski definition) is 1. The van der Waals surface area contributed by atoms with Gasteiger partial charge in [0, 0.05) is 18.7 Å². The number of nitrogens with one attached hydrogen (secondary N) is 1. The Morgan fingerprint density at radius 1 is 1.50 bits per heavy atom. The minimum Gasteiger partial charge on any atom is -0.490 e. The Kier molecular flexibility index (Phi) is 4.43. The summed E-state index contributed by atoms with van der Waals surface area (Å²) in [6.45, 7) is 12.4. The zero-order valence-electron chi connectivity index (χ0n) is 13.4. The molecule has 2 aliphatic rings. The quantitative estimate of drug-likeness (QED) is 0.859. The Bertz CT molecular complexity index is 392. The van der Waals surface area contributed by atoms with Gasteiger partial charge in [0.15, 0.2) is 0 Å². The molecule has 2 rings (SSSR count). The van der Waals surface area contributed by atoms with Gasteiger partial charge in [0.25, 0.3) is 5.91 Å². The van der Waals surface area contributed by atoms with Crippen LogP contribution in [0, 0.1) is 5.92 Å². The van der Waals surface area contributed by atoms with E-state index in [2.05, 4.69) is 24.1 Å². The summed E-state index contributed by atoms with van der Waals surface area (Å²) in [4.78, 5) is 14.5. The van der Waals surface area contributed by atoms with E-state index in [9.17, 15) is 4.79 Å². The Morgan fingerprint density at radius 3 is 2.70 bits per heavy atom. The lowest BCUT2D eigenvalue weighted by Gasteiger charge is -2.37. The van der Waals surface area contributed by atoms with Crippen molar-refractivity contribution in [1.29, 1.82) is 0 Å². The van der Waals surface area contributed by atoms with Gasteiger partial charge in [0.05, 0.1) is 6.04 Å². The van der Waals surface area contributed by atoms with E-state index in [1.807, 2.05) is 20.8 Å². The van der Waals surface area contributed by atoms with E-state index >= 15 is 0 Å². The van der Waals surface area contributed by atoms with E-state index in [1.165, 1.54) is 0 Å². The first kappa shape index (κ1) is 15.4. The molecule has 0 saturated carbocycles. The van der Waals surface area contributed by atoms with Gasteiger partial charge >= 0.3 is 0 Å². The molecule has 4 heteroatoms. The van der Waals surface area contributed by atoms with Crippen LogP contribution in [0.15, 0.2) is 11.8 Å². The van der Waals surface area contributed by atoms with E-state index in [0.29, 0.717) is 12.0 Å². The first-order chi connectivity index (χ1) is 9.33. The lowest BCUT2D eigenvalue weighted by atomic mass is 9.96. The number of ether oxygens (including phenoxy) is 1. The topological polar surface area (TPSA) is 41.6 Å². The number of amides is 1. The molecule has 2 aliphatic heterocycles. The van der Waals surface area contributed by atoms with Gasteiger partial charge in [-0.05, 0) is 39.7 Å². The average molecular weight is 280 g/mol. The highest BCUT2D eigenvalue weighted by molar-refractivity contribution is 5.92. The smallest absolute Gasteiger partial charge is 0.250 e. The molecule has 0 aromatic heterocycles. The van der Waals surface area contributed by atoms with Gasteiger partial charge in [-0.25, -0.2) is 0 Å². The molecule has 0 aromatic carbocycles. The Morgan fingerprint density at radius 2 is 2.20 bits per heavy atom. The molecule has 2 unspecified atom stereocenters. The van der Waals surface area contributed by atoms with Gasteiger partial charge in [0.2, 0.25) is 0 Å². The molecule has 114 valence electrons.